The highest BCUT2D eigenvalue weighted by molar-refractivity contribution is 5.99. The zero-order valence-electron chi connectivity index (χ0n) is 14.2. The number of amides is 1. The number of para-hydroxylation sites is 1. The molecule has 2 atom stereocenters. The van der Waals surface area contributed by atoms with Gasteiger partial charge in [0.05, 0.1) is 6.10 Å². The Morgan fingerprint density at radius 1 is 1.29 bits per heavy atom. The van der Waals surface area contributed by atoms with Crippen LogP contribution in [0.25, 0.3) is 10.9 Å². The van der Waals surface area contributed by atoms with E-state index in [0.29, 0.717) is 12.1 Å². The number of hydrogen-bond donors (Lipinski definition) is 2. The summed E-state index contributed by atoms with van der Waals surface area (Å²) in [5.74, 6) is -0.190. The third kappa shape index (κ3) is 3.08. The summed E-state index contributed by atoms with van der Waals surface area (Å²) in [4.78, 5) is 29.6. The average molecular weight is 328 g/mol. The lowest BCUT2D eigenvalue weighted by atomic mass is 9.86. The fourth-order valence-electron chi connectivity index (χ4n) is 3.69. The third-order valence-corrected chi connectivity index (χ3v) is 5.12. The maximum Gasteiger partial charge on any atom is 0.261 e. The Morgan fingerprint density at radius 2 is 2.00 bits per heavy atom. The van der Waals surface area contributed by atoms with Gasteiger partial charge in [0.1, 0.15) is 5.56 Å². The molecule has 2 N–H and O–H groups in total. The highest BCUT2D eigenvalue weighted by atomic mass is 16.3. The molecule has 2 aromatic rings. The van der Waals surface area contributed by atoms with Crippen molar-refractivity contribution in [3.8, 4) is 0 Å². The molecule has 5 nitrogen and oxygen atoms in total. The number of carbonyl (C=O) groups excluding carboxylic acids is 1. The molecule has 1 heterocycles. The maximum atomic E-state index is 12.8. The number of fused-ring (bicyclic) bond motifs is 1. The zero-order valence-corrected chi connectivity index (χ0v) is 14.2. The molecule has 1 aliphatic carbocycles. The molecule has 1 aliphatic rings. The van der Waals surface area contributed by atoms with Crippen LogP contribution < -0.4 is 5.56 Å². The summed E-state index contributed by atoms with van der Waals surface area (Å²) < 4.78 is 0. The van der Waals surface area contributed by atoms with Gasteiger partial charge in [0.25, 0.3) is 11.5 Å². The minimum absolute atomic E-state index is 0.0903. The fraction of sp³-hybridized carbons (Fsp3) is 0.474. The number of rotatable bonds is 3. The highest BCUT2D eigenvalue weighted by Crippen LogP contribution is 2.25. The molecule has 128 valence electrons. The van der Waals surface area contributed by atoms with E-state index in [1.165, 1.54) is 0 Å². The van der Waals surface area contributed by atoms with Crippen LogP contribution >= 0.6 is 0 Å². The molecule has 1 aromatic heterocycles. The summed E-state index contributed by atoms with van der Waals surface area (Å²) in [5.41, 5.74) is 1.28. The lowest BCUT2D eigenvalue weighted by Gasteiger charge is -2.31. The smallest absolute Gasteiger partial charge is 0.261 e. The van der Waals surface area contributed by atoms with Crippen LogP contribution in [0.5, 0.6) is 0 Å². The van der Waals surface area contributed by atoms with Crippen LogP contribution in [0.4, 0.5) is 0 Å². The number of aromatic nitrogens is 1. The number of pyridine rings is 1. The van der Waals surface area contributed by atoms with Crippen molar-refractivity contribution in [3.05, 3.63) is 45.7 Å². The van der Waals surface area contributed by atoms with Crippen molar-refractivity contribution in [2.75, 3.05) is 13.6 Å². The molecule has 0 aliphatic heterocycles. The Bertz CT molecular complexity index is 812. The summed E-state index contributed by atoms with van der Waals surface area (Å²) in [6.45, 7) is 2.29. The van der Waals surface area contributed by atoms with Crippen molar-refractivity contribution in [1.29, 1.82) is 0 Å². The first-order valence-corrected chi connectivity index (χ1v) is 8.54. The zero-order chi connectivity index (χ0) is 17.3. The van der Waals surface area contributed by atoms with Crippen LogP contribution in [-0.4, -0.2) is 40.6 Å². The normalized spacial score (nSPS) is 21.0. The summed E-state index contributed by atoms with van der Waals surface area (Å²) in [7, 11) is 1.71. The number of H-pyrrole nitrogens is 1. The van der Waals surface area contributed by atoms with Crippen LogP contribution in [0.3, 0.4) is 0 Å². The van der Waals surface area contributed by atoms with Crippen LogP contribution in [0.1, 0.15) is 41.6 Å². The molecule has 0 saturated heterocycles. The quantitative estimate of drug-likeness (QED) is 0.909. The monoisotopic (exact) mass is 328 g/mol. The molecule has 1 aromatic carbocycles. The number of benzene rings is 1. The second-order valence-electron chi connectivity index (χ2n) is 6.80. The van der Waals surface area contributed by atoms with E-state index in [2.05, 4.69) is 4.98 Å². The maximum absolute atomic E-state index is 12.8. The molecular weight excluding hydrogens is 304 g/mol. The molecule has 0 spiro atoms. The summed E-state index contributed by atoms with van der Waals surface area (Å²) in [6, 6.07) is 7.49. The Kier molecular flexibility index (Phi) is 4.71. The Hall–Kier alpha value is -2.14. The predicted octanol–water partition coefficient (Wildman–Crippen LogP) is 2.46. The van der Waals surface area contributed by atoms with Crippen molar-refractivity contribution >= 4 is 16.8 Å². The van der Waals surface area contributed by atoms with Crippen LogP contribution in [0.15, 0.2) is 29.1 Å². The van der Waals surface area contributed by atoms with Crippen molar-refractivity contribution in [2.45, 2.75) is 38.7 Å². The minimum atomic E-state index is -0.356. The summed E-state index contributed by atoms with van der Waals surface area (Å²) >= 11 is 0. The number of nitrogens with one attached hydrogen (secondary N) is 1. The van der Waals surface area contributed by atoms with Crippen molar-refractivity contribution < 1.29 is 9.90 Å². The first-order valence-electron chi connectivity index (χ1n) is 8.54. The molecule has 0 radical (unpaired) electrons. The topological polar surface area (TPSA) is 73.4 Å². The standard InChI is InChI=1S/C19H24N2O3/c1-12-14-8-4-5-9-15(14)20-18(23)17(12)19(24)21(2)11-13-7-3-6-10-16(13)22/h4-5,8-9,13,16,22H,3,6-7,10-11H2,1-2H3,(H,20,23). The van der Waals surface area contributed by atoms with Gasteiger partial charge in [-0.05, 0) is 31.4 Å². The van der Waals surface area contributed by atoms with E-state index in [1.807, 2.05) is 31.2 Å². The average Bonchev–Trinajstić information content (AvgIpc) is 2.56. The molecule has 5 heteroatoms. The van der Waals surface area contributed by atoms with Crippen molar-refractivity contribution in [3.63, 3.8) is 0 Å². The molecule has 24 heavy (non-hydrogen) atoms. The van der Waals surface area contributed by atoms with E-state index in [4.69, 9.17) is 0 Å². The van der Waals surface area contributed by atoms with Gasteiger partial charge in [-0.3, -0.25) is 9.59 Å². The second-order valence-corrected chi connectivity index (χ2v) is 6.80. The van der Waals surface area contributed by atoms with E-state index < -0.39 is 0 Å². The number of nitrogens with zero attached hydrogens (tertiary/aromatic N) is 1. The number of aromatic amines is 1. The van der Waals surface area contributed by atoms with E-state index in [1.54, 1.807) is 11.9 Å². The van der Waals surface area contributed by atoms with Gasteiger partial charge in [-0.1, -0.05) is 31.0 Å². The summed E-state index contributed by atoms with van der Waals surface area (Å²) in [5, 5.41) is 11.0. The largest absolute Gasteiger partial charge is 0.393 e. The predicted molar refractivity (Wildman–Crippen MR) is 94.2 cm³/mol. The first-order chi connectivity index (χ1) is 11.5. The Balaban J connectivity index is 1.89. The van der Waals surface area contributed by atoms with Crippen molar-refractivity contribution in [2.24, 2.45) is 5.92 Å². The molecule has 1 saturated carbocycles. The van der Waals surface area contributed by atoms with Crippen LogP contribution in [0, 0.1) is 12.8 Å². The van der Waals surface area contributed by atoms with E-state index in [9.17, 15) is 14.7 Å². The molecule has 3 rings (SSSR count). The lowest BCUT2D eigenvalue weighted by Crippen LogP contribution is -2.40. The van der Waals surface area contributed by atoms with Crippen LogP contribution in [0.2, 0.25) is 0 Å². The molecule has 1 fully saturated rings. The number of hydrogen-bond acceptors (Lipinski definition) is 3. The highest BCUT2D eigenvalue weighted by Gasteiger charge is 2.27. The van der Waals surface area contributed by atoms with E-state index in [0.717, 1.165) is 36.6 Å². The number of aliphatic hydroxyl groups is 1. The van der Waals surface area contributed by atoms with Crippen LogP contribution in [-0.2, 0) is 0 Å². The van der Waals surface area contributed by atoms with Gasteiger partial charge < -0.3 is 15.0 Å². The van der Waals surface area contributed by atoms with E-state index in [-0.39, 0.29) is 29.1 Å². The number of aliphatic hydroxyl groups excluding tert-OH is 1. The molecule has 2 unspecified atom stereocenters. The van der Waals surface area contributed by atoms with Gasteiger partial charge in [-0.15, -0.1) is 0 Å². The third-order valence-electron chi connectivity index (χ3n) is 5.12. The SMILES string of the molecule is Cc1c(C(=O)N(C)CC2CCCCC2O)c(=O)[nH]c2ccccc12. The van der Waals surface area contributed by atoms with Gasteiger partial charge in [-0.25, -0.2) is 0 Å². The number of carbonyl (C=O) groups is 1. The van der Waals surface area contributed by atoms with E-state index >= 15 is 0 Å². The second kappa shape index (κ2) is 6.77. The molecular formula is C19H24N2O3. The summed E-state index contributed by atoms with van der Waals surface area (Å²) in [6.07, 6.45) is 3.48. The van der Waals surface area contributed by atoms with Gasteiger partial charge in [-0.2, -0.15) is 0 Å². The number of aryl methyl sites for hydroxylation is 1. The van der Waals surface area contributed by atoms with Crippen molar-refractivity contribution in [1.82, 2.24) is 9.88 Å². The first kappa shape index (κ1) is 16.7. The van der Waals surface area contributed by atoms with Gasteiger partial charge in [0.2, 0.25) is 0 Å². The minimum Gasteiger partial charge on any atom is -0.393 e. The van der Waals surface area contributed by atoms with Gasteiger partial charge >= 0.3 is 0 Å². The molecule has 0 bridgehead atoms. The van der Waals surface area contributed by atoms with Gasteiger partial charge in [0.15, 0.2) is 0 Å². The Labute approximate surface area is 141 Å². The Morgan fingerprint density at radius 3 is 2.75 bits per heavy atom. The van der Waals surface area contributed by atoms with Gasteiger partial charge in [0, 0.05) is 30.4 Å². The molecule has 1 amide bonds. The fourth-order valence-corrected chi connectivity index (χ4v) is 3.69. The lowest BCUT2D eigenvalue weighted by molar-refractivity contribution is 0.0450.